The molecule has 0 radical (unpaired) electrons. The number of nitrogens with one attached hydrogen (secondary N) is 1. The van der Waals surface area contributed by atoms with Crippen molar-refractivity contribution in [3.8, 4) is 0 Å². The van der Waals surface area contributed by atoms with Crippen LogP contribution in [0.2, 0.25) is 10.0 Å². The molecule has 6 heteroatoms. The lowest BCUT2D eigenvalue weighted by Crippen LogP contribution is -2.11. The van der Waals surface area contributed by atoms with Gasteiger partial charge in [0.05, 0.1) is 27.0 Å². The van der Waals surface area contributed by atoms with E-state index in [0.29, 0.717) is 33.6 Å². The summed E-state index contributed by atoms with van der Waals surface area (Å²) >= 11 is 12.5. The van der Waals surface area contributed by atoms with Crippen molar-refractivity contribution in [2.45, 2.75) is 33.1 Å². The molecule has 0 atom stereocenters. The lowest BCUT2D eigenvalue weighted by molar-refractivity contribution is -0.0273. The number of carbonyl (C=O) groups is 1. The molecule has 0 spiro atoms. The molecule has 2 aromatic rings. The molecule has 1 fully saturated rings. The van der Waals surface area contributed by atoms with Gasteiger partial charge in [-0.05, 0) is 37.6 Å². The Labute approximate surface area is 164 Å². The van der Waals surface area contributed by atoms with E-state index in [1.54, 1.807) is 30.3 Å². The number of esters is 1. The summed E-state index contributed by atoms with van der Waals surface area (Å²) in [5, 5.41) is 4.10. The van der Waals surface area contributed by atoms with E-state index in [9.17, 15) is 4.79 Å². The summed E-state index contributed by atoms with van der Waals surface area (Å²) in [7, 11) is 0. The highest BCUT2D eigenvalue weighted by atomic mass is 35.5. The molecule has 1 saturated carbocycles. The SMILES string of the molecule is C1CC1.CCOCOC(=O)c1ccccc1Nc1c(Cl)ccc(C)c1Cl. The quantitative estimate of drug-likeness (QED) is 0.350. The predicted molar refractivity (Wildman–Crippen MR) is 107 cm³/mol. The van der Waals surface area contributed by atoms with E-state index in [1.807, 2.05) is 19.9 Å². The van der Waals surface area contributed by atoms with Crippen LogP contribution in [0.3, 0.4) is 0 Å². The van der Waals surface area contributed by atoms with Gasteiger partial charge in [-0.15, -0.1) is 0 Å². The first-order chi connectivity index (χ1) is 12.5. The van der Waals surface area contributed by atoms with E-state index in [4.69, 9.17) is 32.7 Å². The van der Waals surface area contributed by atoms with E-state index < -0.39 is 5.97 Å². The number of carbonyl (C=O) groups excluding carboxylic acids is 1. The van der Waals surface area contributed by atoms with Crippen molar-refractivity contribution in [1.29, 1.82) is 0 Å². The summed E-state index contributed by atoms with van der Waals surface area (Å²) in [5.41, 5.74) is 2.37. The summed E-state index contributed by atoms with van der Waals surface area (Å²) in [5.74, 6) is -0.485. The van der Waals surface area contributed by atoms with Crippen LogP contribution in [0, 0.1) is 6.92 Å². The van der Waals surface area contributed by atoms with Crippen LogP contribution in [0.15, 0.2) is 36.4 Å². The van der Waals surface area contributed by atoms with Crippen LogP contribution in [0.5, 0.6) is 0 Å². The number of para-hydroxylation sites is 1. The summed E-state index contributed by atoms with van der Waals surface area (Å²) < 4.78 is 10.1. The minimum atomic E-state index is -0.485. The van der Waals surface area contributed by atoms with Gasteiger partial charge in [-0.1, -0.05) is 60.7 Å². The van der Waals surface area contributed by atoms with Crippen molar-refractivity contribution in [3.63, 3.8) is 0 Å². The van der Waals surface area contributed by atoms with Crippen LogP contribution in [0.1, 0.15) is 42.1 Å². The van der Waals surface area contributed by atoms with Crippen molar-refractivity contribution in [2.75, 3.05) is 18.7 Å². The third kappa shape index (κ3) is 6.20. The smallest absolute Gasteiger partial charge is 0.342 e. The maximum atomic E-state index is 12.2. The topological polar surface area (TPSA) is 47.6 Å². The van der Waals surface area contributed by atoms with Gasteiger partial charge in [0.1, 0.15) is 0 Å². The van der Waals surface area contributed by atoms with Gasteiger partial charge in [0.15, 0.2) is 6.79 Å². The second-order valence-electron chi connectivity index (χ2n) is 5.83. The molecule has 0 aromatic heterocycles. The predicted octanol–water partition coefficient (Wildman–Crippen LogP) is 6.37. The van der Waals surface area contributed by atoms with Gasteiger partial charge in [-0.3, -0.25) is 0 Å². The Bertz CT molecular complexity index is 745. The van der Waals surface area contributed by atoms with Gasteiger partial charge >= 0.3 is 5.97 Å². The van der Waals surface area contributed by atoms with Gasteiger partial charge in [0, 0.05) is 6.61 Å². The molecule has 2 aromatic carbocycles. The standard InChI is InChI=1S/C17H17Cl2NO3.C3H6/c1-3-22-10-23-17(21)12-6-4-5-7-14(12)20-16-13(18)9-8-11(2)15(16)19;1-2-3-1/h4-9,20H,3,10H2,1-2H3;1-3H2. The van der Waals surface area contributed by atoms with Crippen LogP contribution in [0.25, 0.3) is 0 Å². The Hall–Kier alpha value is -1.75. The first kappa shape index (κ1) is 20.6. The number of anilines is 2. The number of hydrogen-bond donors (Lipinski definition) is 1. The fourth-order valence-corrected chi connectivity index (χ4v) is 2.40. The lowest BCUT2D eigenvalue weighted by atomic mass is 10.1. The molecule has 1 N–H and O–H groups in total. The molecule has 0 bridgehead atoms. The van der Waals surface area contributed by atoms with Crippen LogP contribution in [-0.4, -0.2) is 19.4 Å². The number of halogens is 2. The van der Waals surface area contributed by atoms with Gasteiger partial charge in [0.25, 0.3) is 0 Å². The van der Waals surface area contributed by atoms with Crippen LogP contribution >= 0.6 is 23.2 Å². The van der Waals surface area contributed by atoms with E-state index in [-0.39, 0.29) is 6.79 Å². The molecular weight excluding hydrogens is 373 g/mol. The molecule has 0 unspecified atom stereocenters. The number of rotatable bonds is 6. The second kappa shape index (κ2) is 10.4. The number of aryl methyl sites for hydroxylation is 1. The van der Waals surface area contributed by atoms with Gasteiger partial charge in [0.2, 0.25) is 0 Å². The van der Waals surface area contributed by atoms with Crippen molar-refractivity contribution >= 4 is 40.5 Å². The molecule has 0 saturated heterocycles. The summed E-state index contributed by atoms with van der Waals surface area (Å²) in [6.07, 6.45) is 4.50. The Balaban J connectivity index is 0.000000732. The molecule has 26 heavy (non-hydrogen) atoms. The fourth-order valence-electron chi connectivity index (χ4n) is 1.93. The van der Waals surface area contributed by atoms with Crippen molar-refractivity contribution in [2.24, 2.45) is 0 Å². The Morgan fingerprint density at radius 2 is 1.81 bits per heavy atom. The van der Waals surface area contributed by atoms with E-state index >= 15 is 0 Å². The summed E-state index contributed by atoms with van der Waals surface area (Å²) in [4.78, 5) is 12.2. The summed E-state index contributed by atoms with van der Waals surface area (Å²) in [6.45, 7) is 4.09. The maximum absolute atomic E-state index is 12.2. The molecule has 0 heterocycles. The Kier molecular flexibility index (Phi) is 8.23. The highest BCUT2D eigenvalue weighted by molar-refractivity contribution is 6.39. The van der Waals surface area contributed by atoms with Crippen LogP contribution in [-0.2, 0) is 9.47 Å². The van der Waals surface area contributed by atoms with E-state index in [2.05, 4.69) is 5.32 Å². The average Bonchev–Trinajstić information content (AvgIpc) is 3.52. The highest BCUT2D eigenvalue weighted by Crippen LogP contribution is 2.36. The third-order valence-corrected chi connectivity index (χ3v) is 4.32. The summed E-state index contributed by atoms with van der Waals surface area (Å²) in [6, 6.07) is 10.6. The van der Waals surface area contributed by atoms with E-state index in [1.165, 1.54) is 19.3 Å². The molecule has 140 valence electrons. The zero-order valence-electron chi connectivity index (χ0n) is 15.0. The maximum Gasteiger partial charge on any atom is 0.342 e. The fraction of sp³-hybridized carbons (Fsp3) is 0.350. The average molecular weight is 396 g/mol. The molecular formula is C20H23Cl2NO3. The lowest BCUT2D eigenvalue weighted by Gasteiger charge is -2.15. The van der Waals surface area contributed by atoms with Gasteiger partial charge in [-0.2, -0.15) is 0 Å². The number of benzene rings is 2. The first-order valence-electron chi connectivity index (χ1n) is 8.60. The minimum Gasteiger partial charge on any atom is -0.435 e. The molecule has 0 amide bonds. The Morgan fingerprint density at radius 3 is 2.46 bits per heavy atom. The zero-order chi connectivity index (χ0) is 18.9. The monoisotopic (exact) mass is 395 g/mol. The van der Waals surface area contributed by atoms with E-state index in [0.717, 1.165) is 5.56 Å². The van der Waals surface area contributed by atoms with Gasteiger partial charge < -0.3 is 14.8 Å². The van der Waals surface area contributed by atoms with Crippen molar-refractivity contribution in [3.05, 3.63) is 57.6 Å². The Morgan fingerprint density at radius 1 is 1.12 bits per heavy atom. The minimum absolute atomic E-state index is 0.0877. The molecule has 3 rings (SSSR count). The van der Waals surface area contributed by atoms with Crippen molar-refractivity contribution < 1.29 is 14.3 Å². The molecule has 0 aliphatic heterocycles. The van der Waals surface area contributed by atoms with Gasteiger partial charge in [-0.25, -0.2) is 4.79 Å². The molecule has 4 nitrogen and oxygen atoms in total. The number of ether oxygens (including phenoxy) is 2. The molecule has 1 aliphatic carbocycles. The largest absolute Gasteiger partial charge is 0.435 e. The van der Waals surface area contributed by atoms with Crippen molar-refractivity contribution in [1.82, 2.24) is 0 Å². The first-order valence-corrected chi connectivity index (χ1v) is 9.35. The second-order valence-corrected chi connectivity index (χ2v) is 6.61. The third-order valence-electron chi connectivity index (χ3n) is 3.52. The zero-order valence-corrected chi connectivity index (χ0v) is 16.5. The van der Waals surface area contributed by atoms with Crippen LogP contribution < -0.4 is 5.32 Å². The highest BCUT2D eigenvalue weighted by Gasteiger charge is 2.15. The molecule has 1 aliphatic rings. The number of hydrogen-bond acceptors (Lipinski definition) is 4. The normalized spacial score (nSPS) is 12.0. The van der Waals surface area contributed by atoms with Crippen LogP contribution in [0.4, 0.5) is 11.4 Å².